The Kier molecular flexibility index (Phi) is 6.20. The fraction of sp³-hybridized carbons (Fsp3) is 0.643. The molecule has 0 aliphatic heterocycles. The Hall–Kier alpha value is -1.36. The van der Waals surface area contributed by atoms with Crippen molar-refractivity contribution in [3.8, 4) is 0 Å². The molecule has 0 aromatic carbocycles. The second kappa shape index (κ2) is 7.43. The first-order valence-corrected chi connectivity index (χ1v) is 7.30. The third kappa shape index (κ3) is 4.96. The molecule has 5 nitrogen and oxygen atoms in total. The van der Waals surface area contributed by atoms with Gasteiger partial charge in [-0.05, 0) is 20.8 Å². The van der Waals surface area contributed by atoms with Crippen molar-refractivity contribution in [1.29, 1.82) is 0 Å². The van der Waals surface area contributed by atoms with E-state index in [0.29, 0.717) is 23.3 Å². The normalized spacial score (nSPS) is 11.0. The summed E-state index contributed by atoms with van der Waals surface area (Å²) in [6.45, 7) is 10.8. The first-order chi connectivity index (χ1) is 9.33. The molecule has 0 unspecified atom stereocenters. The van der Waals surface area contributed by atoms with E-state index in [1.807, 2.05) is 39.5 Å². The van der Waals surface area contributed by atoms with Gasteiger partial charge < -0.3 is 10.2 Å². The molecule has 1 N–H and O–H groups in total. The van der Waals surface area contributed by atoms with Gasteiger partial charge in [-0.1, -0.05) is 25.4 Å². The summed E-state index contributed by atoms with van der Waals surface area (Å²) < 4.78 is 0. The number of anilines is 1. The maximum absolute atomic E-state index is 11.9. The highest BCUT2D eigenvalue weighted by Crippen LogP contribution is 2.19. The van der Waals surface area contributed by atoms with Crippen LogP contribution in [-0.2, 0) is 4.79 Å². The van der Waals surface area contributed by atoms with Crippen molar-refractivity contribution >= 4 is 23.3 Å². The molecule has 0 atom stereocenters. The van der Waals surface area contributed by atoms with Crippen LogP contribution >= 0.6 is 11.6 Å². The van der Waals surface area contributed by atoms with Crippen molar-refractivity contribution < 1.29 is 4.79 Å². The molecule has 112 valence electrons. The SMILES string of the molecule is CCN(CC(=O)NC(C)C)c1cc(Cl)nc(C(C)C)n1. The molecule has 0 aliphatic carbocycles. The molecule has 6 heteroatoms. The molecular formula is C14H23ClN4O. The summed E-state index contributed by atoms with van der Waals surface area (Å²) >= 11 is 6.04. The molecule has 1 rings (SSSR count). The van der Waals surface area contributed by atoms with Gasteiger partial charge in [-0.15, -0.1) is 0 Å². The first-order valence-electron chi connectivity index (χ1n) is 6.92. The number of hydrogen-bond acceptors (Lipinski definition) is 4. The Morgan fingerprint density at radius 1 is 1.35 bits per heavy atom. The van der Waals surface area contributed by atoms with Gasteiger partial charge >= 0.3 is 0 Å². The van der Waals surface area contributed by atoms with Gasteiger partial charge in [0.05, 0.1) is 6.54 Å². The quantitative estimate of drug-likeness (QED) is 0.820. The van der Waals surface area contributed by atoms with Gasteiger partial charge in [0.15, 0.2) is 0 Å². The maximum atomic E-state index is 11.9. The van der Waals surface area contributed by atoms with Crippen LogP contribution in [0.15, 0.2) is 6.07 Å². The number of nitrogens with zero attached hydrogens (tertiary/aromatic N) is 3. The van der Waals surface area contributed by atoms with Crippen LogP contribution < -0.4 is 10.2 Å². The van der Waals surface area contributed by atoms with Gasteiger partial charge in [-0.2, -0.15) is 0 Å². The second-order valence-electron chi connectivity index (χ2n) is 5.30. The minimum Gasteiger partial charge on any atom is -0.352 e. The fourth-order valence-electron chi connectivity index (χ4n) is 1.74. The summed E-state index contributed by atoms with van der Waals surface area (Å²) in [6.07, 6.45) is 0. The fourth-order valence-corrected chi connectivity index (χ4v) is 1.92. The lowest BCUT2D eigenvalue weighted by Gasteiger charge is -2.23. The van der Waals surface area contributed by atoms with Crippen molar-refractivity contribution in [2.24, 2.45) is 0 Å². The van der Waals surface area contributed by atoms with Gasteiger partial charge in [-0.3, -0.25) is 4.79 Å². The number of nitrogens with one attached hydrogen (secondary N) is 1. The number of aromatic nitrogens is 2. The molecule has 0 aliphatic rings. The monoisotopic (exact) mass is 298 g/mol. The maximum Gasteiger partial charge on any atom is 0.239 e. The minimum absolute atomic E-state index is 0.0253. The lowest BCUT2D eigenvalue weighted by molar-refractivity contribution is -0.120. The Morgan fingerprint density at radius 2 is 2.00 bits per heavy atom. The average molecular weight is 299 g/mol. The highest BCUT2D eigenvalue weighted by atomic mass is 35.5. The van der Waals surface area contributed by atoms with E-state index in [2.05, 4.69) is 15.3 Å². The van der Waals surface area contributed by atoms with Crippen LogP contribution in [0.2, 0.25) is 5.15 Å². The molecule has 1 heterocycles. The summed E-state index contributed by atoms with van der Waals surface area (Å²) in [6, 6.07) is 1.82. The van der Waals surface area contributed by atoms with E-state index in [1.54, 1.807) is 6.07 Å². The van der Waals surface area contributed by atoms with E-state index in [9.17, 15) is 4.79 Å². The Bertz CT molecular complexity index is 462. The Labute approximate surface area is 125 Å². The van der Waals surface area contributed by atoms with Gasteiger partial charge in [0.25, 0.3) is 0 Å². The predicted octanol–water partition coefficient (Wildman–Crippen LogP) is 2.60. The lowest BCUT2D eigenvalue weighted by atomic mass is 10.2. The van der Waals surface area contributed by atoms with Crippen LogP contribution in [0.1, 0.15) is 46.4 Å². The third-order valence-electron chi connectivity index (χ3n) is 2.70. The Morgan fingerprint density at radius 3 is 2.50 bits per heavy atom. The molecule has 0 saturated carbocycles. The van der Waals surface area contributed by atoms with Gasteiger partial charge in [0.2, 0.25) is 5.91 Å². The number of rotatable bonds is 6. The van der Waals surface area contributed by atoms with Crippen LogP contribution in [0.5, 0.6) is 0 Å². The molecule has 1 amide bonds. The summed E-state index contributed by atoms with van der Waals surface area (Å²) in [5.41, 5.74) is 0. The number of halogens is 1. The van der Waals surface area contributed by atoms with Crippen LogP contribution in [0, 0.1) is 0 Å². The van der Waals surface area contributed by atoms with Gasteiger partial charge in [0, 0.05) is 24.6 Å². The first kappa shape index (κ1) is 16.7. The summed E-state index contributed by atoms with van der Waals surface area (Å²) in [7, 11) is 0. The smallest absolute Gasteiger partial charge is 0.239 e. The molecule has 0 bridgehead atoms. The largest absolute Gasteiger partial charge is 0.352 e. The van der Waals surface area contributed by atoms with Crippen molar-refractivity contribution in [3.63, 3.8) is 0 Å². The molecule has 1 aromatic heterocycles. The summed E-state index contributed by atoms with van der Waals surface area (Å²) in [5, 5.41) is 3.28. The average Bonchev–Trinajstić information content (AvgIpc) is 2.34. The number of carbonyl (C=O) groups excluding carboxylic acids is 1. The van der Waals surface area contributed by atoms with Crippen LogP contribution in [-0.4, -0.2) is 35.0 Å². The van der Waals surface area contributed by atoms with E-state index < -0.39 is 0 Å². The van der Waals surface area contributed by atoms with E-state index in [1.165, 1.54) is 0 Å². The standard InChI is InChI=1S/C14H23ClN4O/c1-6-19(8-13(20)16-10(4)5)12-7-11(15)17-14(18-12)9(2)3/h7,9-10H,6,8H2,1-5H3,(H,16,20). The molecule has 0 fully saturated rings. The highest BCUT2D eigenvalue weighted by Gasteiger charge is 2.15. The van der Waals surface area contributed by atoms with Gasteiger partial charge in [0.1, 0.15) is 16.8 Å². The number of hydrogen-bond donors (Lipinski definition) is 1. The molecule has 0 spiro atoms. The van der Waals surface area contributed by atoms with E-state index in [4.69, 9.17) is 11.6 Å². The molecule has 0 saturated heterocycles. The number of carbonyl (C=O) groups is 1. The van der Waals surface area contributed by atoms with E-state index >= 15 is 0 Å². The second-order valence-corrected chi connectivity index (χ2v) is 5.69. The van der Waals surface area contributed by atoms with Crippen LogP contribution in [0.4, 0.5) is 5.82 Å². The summed E-state index contributed by atoms with van der Waals surface area (Å²) in [4.78, 5) is 22.4. The third-order valence-corrected chi connectivity index (χ3v) is 2.90. The van der Waals surface area contributed by atoms with E-state index in [0.717, 1.165) is 0 Å². The number of amides is 1. The zero-order valence-corrected chi connectivity index (χ0v) is 13.5. The highest BCUT2D eigenvalue weighted by molar-refractivity contribution is 6.29. The van der Waals surface area contributed by atoms with Crippen LogP contribution in [0.25, 0.3) is 0 Å². The van der Waals surface area contributed by atoms with Gasteiger partial charge in [-0.25, -0.2) is 9.97 Å². The molecular weight excluding hydrogens is 276 g/mol. The predicted molar refractivity (Wildman–Crippen MR) is 82.3 cm³/mol. The zero-order valence-electron chi connectivity index (χ0n) is 12.8. The van der Waals surface area contributed by atoms with Crippen molar-refractivity contribution in [3.05, 3.63) is 17.0 Å². The van der Waals surface area contributed by atoms with Crippen molar-refractivity contribution in [2.75, 3.05) is 18.0 Å². The van der Waals surface area contributed by atoms with E-state index in [-0.39, 0.29) is 24.4 Å². The van der Waals surface area contributed by atoms with Crippen LogP contribution in [0.3, 0.4) is 0 Å². The minimum atomic E-state index is -0.0253. The van der Waals surface area contributed by atoms with Crippen molar-refractivity contribution in [2.45, 2.75) is 46.6 Å². The molecule has 20 heavy (non-hydrogen) atoms. The Balaban J connectivity index is 2.92. The molecule has 0 radical (unpaired) electrons. The molecule has 1 aromatic rings. The number of likely N-dealkylation sites (N-methyl/N-ethyl adjacent to an activating group) is 1. The summed E-state index contributed by atoms with van der Waals surface area (Å²) in [5.74, 6) is 1.55. The topological polar surface area (TPSA) is 58.1 Å². The zero-order chi connectivity index (χ0) is 15.3. The lowest BCUT2D eigenvalue weighted by Crippen LogP contribution is -2.40. The van der Waals surface area contributed by atoms with Crippen molar-refractivity contribution in [1.82, 2.24) is 15.3 Å².